The van der Waals surface area contributed by atoms with Crippen molar-refractivity contribution in [1.29, 1.82) is 0 Å². The van der Waals surface area contributed by atoms with Crippen LogP contribution in [0.15, 0.2) is 24.3 Å². The van der Waals surface area contributed by atoms with Gasteiger partial charge in [-0.1, -0.05) is 39.5 Å². The highest BCUT2D eigenvalue weighted by Gasteiger charge is 2.72. The van der Waals surface area contributed by atoms with Crippen molar-refractivity contribution in [1.82, 2.24) is 0 Å². The van der Waals surface area contributed by atoms with Crippen molar-refractivity contribution in [3.8, 4) is 0 Å². The molecule has 0 unspecified atom stereocenters. The normalized spacial score (nSPS) is 34.8. The van der Waals surface area contributed by atoms with E-state index in [1.807, 2.05) is 0 Å². The first-order valence-electron chi connectivity index (χ1n) is 14.7. The molecule has 0 saturated heterocycles. The van der Waals surface area contributed by atoms with Gasteiger partial charge in [0.05, 0.1) is 5.92 Å². The zero-order valence-corrected chi connectivity index (χ0v) is 27.9. The summed E-state index contributed by atoms with van der Waals surface area (Å²) in [5.74, 6) is -8.85. The van der Waals surface area contributed by atoms with Gasteiger partial charge in [-0.25, -0.2) is 0 Å². The molecule has 0 radical (unpaired) electrons. The second-order valence-corrected chi connectivity index (χ2v) is 12.6. The first-order valence-corrected chi connectivity index (χ1v) is 14.7. The Kier molecular flexibility index (Phi) is 11.7. The largest absolute Gasteiger partial charge is 0.459 e. The van der Waals surface area contributed by atoms with E-state index in [1.54, 1.807) is 13.8 Å². The zero-order chi connectivity index (χ0) is 35.5. The zero-order valence-electron chi connectivity index (χ0n) is 27.9. The molecule has 2 aliphatic rings. The average Bonchev–Trinajstić information content (AvgIpc) is 3.11. The predicted octanol–water partition coefficient (Wildman–Crippen LogP) is 2.08. The number of Topliss-reactive ketones (excluding diaryl/α,β-unsaturated/α-hetero) is 1. The van der Waals surface area contributed by atoms with Crippen molar-refractivity contribution in [2.75, 3.05) is 0 Å². The average molecular weight is 653 g/mol. The third-order valence-electron chi connectivity index (χ3n) is 8.01. The topological polar surface area (TPSA) is 195 Å². The molecule has 2 aliphatic carbocycles. The second kappa shape index (κ2) is 14.1. The quantitative estimate of drug-likeness (QED) is 0.249. The van der Waals surface area contributed by atoms with Crippen molar-refractivity contribution in [2.45, 2.75) is 117 Å². The number of fused-ring (bicyclic) bond motifs is 1. The number of hydrogen-bond donors (Lipinski definition) is 1. The van der Waals surface area contributed by atoms with Crippen LogP contribution in [0, 0.1) is 17.3 Å². The lowest BCUT2D eigenvalue weighted by molar-refractivity contribution is -0.192. The van der Waals surface area contributed by atoms with Crippen LogP contribution in [0.25, 0.3) is 0 Å². The minimum atomic E-state index is -2.31. The fourth-order valence-electron chi connectivity index (χ4n) is 6.45. The minimum Gasteiger partial charge on any atom is -0.459 e. The van der Waals surface area contributed by atoms with E-state index in [2.05, 4.69) is 6.58 Å². The van der Waals surface area contributed by atoms with Crippen LogP contribution in [0.2, 0.25) is 0 Å². The van der Waals surface area contributed by atoms with Crippen LogP contribution in [0.4, 0.5) is 0 Å². The molecule has 0 aromatic rings. The summed E-state index contributed by atoms with van der Waals surface area (Å²) in [4.78, 5) is 89.6. The first-order chi connectivity index (χ1) is 21.0. The van der Waals surface area contributed by atoms with Gasteiger partial charge in [0.2, 0.25) is 0 Å². The molecule has 9 atom stereocenters. The second-order valence-electron chi connectivity index (χ2n) is 12.6. The van der Waals surface area contributed by atoms with Crippen LogP contribution in [0.1, 0.15) is 75.7 Å². The van der Waals surface area contributed by atoms with Crippen LogP contribution in [0.3, 0.4) is 0 Å². The molecule has 1 N–H and O–H groups in total. The highest BCUT2D eigenvalue weighted by atomic mass is 16.6. The predicted molar refractivity (Wildman–Crippen MR) is 157 cm³/mol. The molecule has 0 heterocycles. The molecule has 0 bridgehead atoms. The number of ketones is 1. The number of carbonyl (C=O) groups excluding carboxylic acids is 7. The van der Waals surface area contributed by atoms with E-state index < -0.39 is 107 Å². The number of hydrogen-bond acceptors (Lipinski definition) is 14. The van der Waals surface area contributed by atoms with Crippen LogP contribution >= 0.6 is 0 Å². The summed E-state index contributed by atoms with van der Waals surface area (Å²) in [6.45, 7) is 16.3. The molecule has 0 aliphatic heterocycles. The van der Waals surface area contributed by atoms with Crippen molar-refractivity contribution in [2.24, 2.45) is 17.3 Å². The van der Waals surface area contributed by atoms with Gasteiger partial charge in [-0.3, -0.25) is 33.6 Å². The molecule has 1 fully saturated rings. The third-order valence-corrected chi connectivity index (χ3v) is 8.01. The summed E-state index contributed by atoms with van der Waals surface area (Å²) in [7, 11) is 0. The molecule has 2 rings (SSSR count). The number of allylic oxidation sites excluding steroid dienone is 1. The van der Waals surface area contributed by atoms with Gasteiger partial charge in [-0.05, 0) is 6.92 Å². The third kappa shape index (κ3) is 8.20. The molecule has 0 aromatic heterocycles. The molecule has 14 heteroatoms. The van der Waals surface area contributed by atoms with Gasteiger partial charge in [-0.15, -0.1) is 0 Å². The molecule has 0 amide bonds. The number of aliphatic hydroxyl groups excluding tert-OH is 1. The summed E-state index contributed by atoms with van der Waals surface area (Å²) in [5, 5.41) is 11.8. The Hall–Kier alpha value is -4.07. The van der Waals surface area contributed by atoms with Crippen molar-refractivity contribution < 1.29 is 67.1 Å². The van der Waals surface area contributed by atoms with E-state index in [-0.39, 0.29) is 5.57 Å². The highest BCUT2D eigenvalue weighted by Crippen LogP contribution is 2.54. The van der Waals surface area contributed by atoms with Gasteiger partial charge >= 0.3 is 35.8 Å². The van der Waals surface area contributed by atoms with Crippen LogP contribution in [-0.4, -0.2) is 88.4 Å². The Morgan fingerprint density at radius 3 is 1.65 bits per heavy atom. The molecule has 0 spiro atoms. The van der Waals surface area contributed by atoms with E-state index in [4.69, 9.17) is 28.4 Å². The van der Waals surface area contributed by atoms with E-state index in [0.717, 1.165) is 41.5 Å². The lowest BCUT2D eigenvalue weighted by atomic mass is 9.72. The summed E-state index contributed by atoms with van der Waals surface area (Å²) >= 11 is 0. The maximum absolute atomic E-state index is 14.6. The SMILES string of the molecule is C=C1[C@H](OC(C)=O)[C@@H](O)[C@@H](OC(C)=O)C(C)(C)/C=C/[C@@H](C)C(=O)[C@@]2(OC(C)=O)C[C@@](C)(OC(C)=O)[C@H](OC(C)=O)[C@@H]2[C@H]1OC(C)=O. The van der Waals surface area contributed by atoms with Gasteiger partial charge in [0.1, 0.15) is 18.3 Å². The number of ether oxygens (including phenoxy) is 6. The van der Waals surface area contributed by atoms with E-state index >= 15 is 0 Å². The molecule has 14 nitrogen and oxygen atoms in total. The van der Waals surface area contributed by atoms with E-state index in [9.17, 15) is 38.7 Å². The first kappa shape index (κ1) is 38.1. The van der Waals surface area contributed by atoms with Crippen LogP contribution in [-0.2, 0) is 62.0 Å². The maximum atomic E-state index is 14.6. The van der Waals surface area contributed by atoms with Gasteiger partial charge < -0.3 is 33.5 Å². The Balaban J connectivity index is 3.17. The van der Waals surface area contributed by atoms with Crippen molar-refractivity contribution >= 4 is 41.6 Å². The molecule has 0 aromatic carbocycles. The van der Waals surface area contributed by atoms with Gasteiger partial charge in [-0.2, -0.15) is 0 Å². The monoisotopic (exact) mass is 652 g/mol. The number of rotatable bonds is 6. The number of aliphatic hydroxyl groups is 1. The lowest BCUT2D eigenvalue weighted by Gasteiger charge is -2.43. The Morgan fingerprint density at radius 1 is 0.739 bits per heavy atom. The maximum Gasteiger partial charge on any atom is 0.303 e. The smallest absolute Gasteiger partial charge is 0.303 e. The molecular weight excluding hydrogens is 608 g/mol. The summed E-state index contributed by atoms with van der Waals surface area (Å²) < 4.78 is 33.9. The fourth-order valence-corrected chi connectivity index (χ4v) is 6.45. The summed E-state index contributed by atoms with van der Waals surface area (Å²) in [5.41, 5.74) is -5.75. The lowest BCUT2D eigenvalue weighted by Crippen LogP contribution is -2.58. The van der Waals surface area contributed by atoms with Gasteiger partial charge in [0.15, 0.2) is 29.2 Å². The minimum absolute atomic E-state index is 0.346. The molecule has 256 valence electrons. The summed E-state index contributed by atoms with van der Waals surface area (Å²) in [6, 6.07) is 0. The fraction of sp³-hybridized carbons (Fsp3) is 0.656. The molecule has 46 heavy (non-hydrogen) atoms. The Labute approximate surface area is 267 Å². The van der Waals surface area contributed by atoms with Gasteiger partial charge in [0, 0.05) is 64.9 Å². The van der Waals surface area contributed by atoms with Crippen LogP contribution < -0.4 is 0 Å². The summed E-state index contributed by atoms with van der Waals surface area (Å²) in [6.07, 6.45) is -6.09. The molecular formula is C32H44O14. The number of esters is 6. The van der Waals surface area contributed by atoms with Crippen molar-refractivity contribution in [3.63, 3.8) is 0 Å². The van der Waals surface area contributed by atoms with Gasteiger partial charge in [0.25, 0.3) is 0 Å². The van der Waals surface area contributed by atoms with Crippen LogP contribution in [0.5, 0.6) is 0 Å². The number of carbonyl (C=O) groups is 7. The Bertz CT molecular complexity index is 1310. The van der Waals surface area contributed by atoms with Crippen molar-refractivity contribution in [3.05, 3.63) is 24.3 Å². The highest BCUT2D eigenvalue weighted by molar-refractivity contribution is 5.94. The van der Waals surface area contributed by atoms with E-state index in [1.165, 1.54) is 26.0 Å². The standard InChI is InChI=1S/C32H44O14/c1-15-12-13-30(9,10)29(44-20(6)36)24(39)26(42-18(4)34)16(2)25(41-17(3)33)23-28(43-19(5)35)31(11,45-21(7)37)14-32(23,27(15)40)46-22(8)38/h12-13,15,23-26,28-29,39H,2,14H2,1,3-11H3/b13-12+/t15-,23+,24-,25+,26+,28-,29-,31-,32-/m1/s1. The molecule has 1 saturated carbocycles. The van der Waals surface area contributed by atoms with E-state index in [0.29, 0.717) is 0 Å². The Morgan fingerprint density at radius 2 is 1.20 bits per heavy atom.